The molecule has 0 saturated heterocycles. The number of H-pyrrole nitrogens is 1. The molecular weight excluding hydrogens is 478 g/mol. The molecule has 1 amide bonds. The molecule has 1 aromatic carbocycles. The van der Waals surface area contributed by atoms with Crippen molar-refractivity contribution in [1.82, 2.24) is 14.7 Å². The number of rotatable bonds is 6. The third-order valence-electron chi connectivity index (χ3n) is 6.66. The van der Waals surface area contributed by atoms with E-state index in [0.29, 0.717) is 11.7 Å². The Balaban J connectivity index is 0.00000253. The van der Waals surface area contributed by atoms with Crippen LogP contribution in [0.3, 0.4) is 0 Å². The number of pyridine rings is 2. The smallest absolute Gasteiger partial charge is 0.270 e. The van der Waals surface area contributed by atoms with Gasteiger partial charge in [-0.3, -0.25) is 9.59 Å². The minimum atomic E-state index is -4.41. The standard InChI is InChI=1S/C27H31N3O5S.2H2/c1-16-7-9-20(10-8-16)22-12-11-21(25(31)30-36(33,34)23-6-5-13-28-26(23)32)27(29-22)35-24-18(3)14-17(2)15-19(24)4;;/h5-6,11-16,20H,7-10H2,1-4H3,(H,28,32)(H,30,31);2*1H. The molecule has 2 N–H and O–H groups in total. The van der Waals surface area contributed by atoms with Crippen LogP contribution in [0.15, 0.2) is 52.3 Å². The van der Waals surface area contributed by atoms with E-state index in [1.807, 2.05) is 37.6 Å². The third-order valence-corrected chi connectivity index (χ3v) is 8.02. The fraction of sp³-hybridized carbons (Fsp3) is 0.370. The Hall–Kier alpha value is -3.46. The highest BCUT2D eigenvalue weighted by molar-refractivity contribution is 7.90. The van der Waals surface area contributed by atoms with E-state index in [9.17, 15) is 18.0 Å². The molecule has 1 fully saturated rings. The van der Waals surface area contributed by atoms with Gasteiger partial charge in [-0.15, -0.1) is 0 Å². The molecule has 36 heavy (non-hydrogen) atoms. The van der Waals surface area contributed by atoms with E-state index < -0.39 is 26.4 Å². The van der Waals surface area contributed by atoms with E-state index in [2.05, 4.69) is 11.9 Å². The second-order valence-corrected chi connectivity index (χ2v) is 11.3. The normalized spacial score (nSPS) is 18.0. The number of nitrogens with one attached hydrogen (secondary N) is 2. The molecule has 3 aromatic rings. The fourth-order valence-electron chi connectivity index (χ4n) is 4.76. The van der Waals surface area contributed by atoms with Crippen LogP contribution < -0.4 is 15.0 Å². The van der Waals surface area contributed by atoms with Gasteiger partial charge in [-0.1, -0.05) is 37.5 Å². The molecule has 9 heteroatoms. The lowest BCUT2D eigenvalue weighted by molar-refractivity contribution is 0.0978. The summed E-state index contributed by atoms with van der Waals surface area (Å²) in [6, 6.07) is 9.77. The molecule has 1 aliphatic carbocycles. The van der Waals surface area contributed by atoms with Crippen LogP contribution >= 0.6 is 0 Å². The molecule has 1 aliphatic rings. The van der Waals surface area contributed by atoms with Crippen LogP contribution in [0.4, 0.5) is 0 Å². The lowest BCUT2D eigenvalue weighted by atomic mass is 9.81. The summed E-state index contributed by atoms with van der Waals surface area (Å²) in [6.45, 7) is 8.05. The van der Waals surface area contributed by atoms with E-state index >= 15 is 0 Å². The van der Waals surface area contributed by atoms with Crippen molar-refractivity contribution in [3.63, 3.8) is 0 Å². The van der Waals surface area contributed by atoms with Gasteiger partial charge < -0.3 is 9.72 Å². The summed E-state index contributed by atoms with van der Waals surface area (Å²) < 4.78 is 33.8. The zero-order valence-corrected chi connectivity index (χ0v) is 21.7. The Labute approximate surface area is 214 Å². The topological polar surface area (TPSA) is 118 Å². The summed E-state index contributed by atoms with van der Waals surface area (Å²) in [6.07, 6.45) is 5.51. The number of aromatic amines is 1. The zero-order valence-electron chi connectivity index (χ0n) is 20.9. The van der Waals surface area contributed by atoms with Crippen molar-refractivity contribution in [3.8, 4) is 11.6 Å². The number of aromatic nitrogens is 2. The Morgan fingerprint density at radius 1 is 1.08 bits per heavy atom. The van der Waals surface area contributed by atoms with Gasteiger partial charge in [0.25, 0.3) is 21.5 Å². The number of aryl methyl sites for hydroxylation is 3. The van der Waals surface area contributed by atoms with Crippen molar-refractivity contribution >= 4 is 15.9 Å². The molecule has 0 unspecified atom stereocenters. The molecule has 1 saturated carbocycles. The highest BCUT2D eigenvalue weighted by atomic mass is 32.2. The lowest BCUT2D eigenvalue weighted by Crippen LogP contribution is -2.34. The summed E-state index contributed by atoms with van der Waals surface area (Å²) in [5.41, 5.74) is 2.80. The van der Waals surface area contributed by atoms with Crippen LogP contribution in [0.2, 0.25) is 0 Å². The summed E-state index contributed by atoms with van der Waals surface area (Å²) in [7, 11) is -4.41. The first kappa shape index (κ1) is 25.6. The van der Waals surface area contributed by atoms with Crippen molar-refractivity contribution in [3.05, 3.63) is 80.9 Å². The van der Waals surface area contributed by atoms with Crippen LogP contribution in [0.25, 0.3) is 0 Å². The Morgan fingerprint density at radius 2 is 1.75 bits per heavy atom. The van der Waals surface area contributed by atoms with E-state index in [4.69, 9.17) is 9.72 Å². The first-order valence-electron chi connectivity index (χ1n) is 12.1. The quantitative estimate of drug-likeness (QED) is 0.456. The fourth-order valence-corrected chi connectivity index (χ4v) is 5.79. The molecule has 8 nitrogen and oxygen atoms in total. The van der Waals surface area contributed by atoms with Crippen LogP contribution in [0.1, 0.15) is 74.1 Å². The van der Waals surface area contributed by atoms with Gasteiger partial charge in [0.05, 0.1) is 0 Å². The molecule has 2 aromatic heterocycles. The van der Waals surface area contributed by atoms with Crippen LogP contribution in [0.5, 0.6) is 11.6 Å². The minimum Gasteiger partial charge on any atom is -0.438 e. The molecule has 2 heterocycles. The molecule has 0 radical (unpaired) electrons. The molecule has 0 spiro atoms. The van der Waals surface area contributed by atoms with Gasteiger partial charge in [0.1, 0.15) is 11.3 Å². The van der Waals surface area contributed by atoms with Crippen molar-refractivity contribution in [1.29, 1.82) is 0 Å². The average molecular weight is 514 g/mol. The van der Waals surface area contributed by atoms with Gasteiger partial charge in [-0.05, 0) is 74.9 Å². The Morgan fingerprint density at radius 3 is 2.39 bits per heavy atom. The lowest BCUT2D eigenvalue weighted by Gasteiger charge is -2.26. The Bertz CT molecular complexity index is 1440. The summed E-state index contributed by atoms with van der Waals surface area (Å²) in [4.78, 5) is 31.7. The minimum absolute atomic E-state index is 0. The van der Waals surface area contributed by atoms with Crippen LogP contribution in [0, 0.1) is 26.7 Å². The first-order chi connectivity index (χ1) is 17.0. The predicted molar refractivity (Wildman–Crippen MR) is 141 cm³/mol. The highest BCUT2D eigenvalue weighted by Crippen LogP contribution is 2.37. The number of amides is 1. The van der Waals surface area contributed by atoms with Crippen molar-refractivity contribution in [2.45, 2.75) is 64.2 Å². The van der Waals surface area contributed by atoms with E-state index in [1.54, 1.807) is 12.1 Å². The van der Waals surface area contributed by atoms with Crippen LogP contribution in [-0.4, -0.2) is 24.3 Å². The SMILES string of the molecule is Cc1cc(C)c(Oc2nc(C3CCC(C)CC3)ccc2C(=O)NS(=O)(=O)c2ccc[nH]c2=O)c(C)c1.[HH].[HH]. The largest absolute Gasteiger partial charge is 0.438 e. The van der Waals surface area contributed by atoms with Gasteiger partial charge in [-0.2, -0.15) is 0 Å². The molecule has 0 aliphatic heterocycles. The van der Waals surface area contributed by atoms with E-state index in [1.165, 1.54) is 12.3 Å². The summed E-state index contributed by atoms with van der Waals surface area (Å²) in [5.74, 6) is 0.598. The number of carbonyl (C=O) groups is 1. The zero-order chi connectivity index (χ0) is 26.0. The van der Waals surface area contributed by atoms with Crippen molar-refractivity contribution in [2.75, 3.05) is 0 Å². The number of hydrogen-bond donors (Lipinski definition) is 2. The number of ether oxygens (including phenoxy) is 1. The van der Waals surface area contributed by atoms with Crippen LogP contribution in [-0.2, 0) is 10.0 Å². The second kappa shape index (κ2) is 10.3. The number of hydrogen-bond acceptors (Lipinski definition) is 6. The summed E-state index contributed by atoms with van der Waals surface area (Å²) in [5, 5.41) is 0. The predicted octanol–water partition coefficient (Wildman–Crippen LogP) is 5.39. The van der Waals surface area contributed by atoms with E-state index in [-0.39, 0.29) is 20.2 Å². The number of sulfonamides is 1. The maximum Gasteiger partial charge on any atom is 0.270 e. The highest BCUT2D eigenvalue weighted by Gasteiger charge is 2.27. The van der Waals surface area contributed by atoms with Gasteiger partial charge >= 0.3 is 0 Å². The molecular formula is C27H35N3O5S. The number of benzene rings is 1. The number of carbonyl (C=O) groups excluding carboxylic acids is 1. The van der Waals surface area contributed by atoms with Gasteiger partial charge in [-0.25, -0.2) is 18.1 Å². The van der Waals surface area contributed by atoms with E-state index in [0.717, 1.165) is 54.1 Å². The molecule has 194 valence electrons. The summed E-state index contributed by atoms with van der Waals surface area (Å²) >= 11 is 0. The second-order valence-electron chi connectivity index (χ2n) is 9.67. The average Bonchev–Trinajstić information content (AvgIpc) is 2.81. The maximum absolute atomic E-state index is 13.2. The first-order valence-corrected chi connectivity index (χ1v) is 13.5. The van der Waals surface area contributed by atoms with Gasteiger partial charge in [0.2, 0.25) is 5.88 Å². The molecule has 0 bridgehead atoms. The van der Waals surface area contributed by atoms with Crippen molar-refractivity contribution < 1.29 is 20.8 Å². The Kier molecular flexibility index (Phi) is 7.31. The number of nitrogens with zero attached hydrogens (tertiary/aromatic N) is 1. The molecule has 0 atom stereocenters. The van der Waals surface area contributed by atoms with Gasteiger partial charge in [0.15, 0.2) is 4.90 Å². The monoisotopic (exact) mass is 513 g/mol. The molecule has 4 rings (SSSR count). The van der Waals surface area contributed by atoms with Crippen molar-refractivity contribution in [2.24, 2.45) is 5.92 Å². The maximum atomic E-state index is 13.2. The third kappa shape index (κ3) is 5.51. The van der Waals surface area contributed by atoms with Gasteiger partial charge in [0, 0.05) is 20.7 Å².